The molecule has 0 bridgehead atoms. The molecule has 1 saturated carbocycles. The molecule has 1 atom stereocenters. The predicted molar refractivity (Wildman–Crippen MR) is 142 cm³/mol. The fraction of sp³-hybridized carbons (Fsp3) is 0.483. The first-order chi connectivity index (χ1) is 17.4. The summed E-state index contributed by atoms with van der Waals surface area (Å²) in [5.74, 6) is 0.287. The zero-order valence-electron chi connectivity index (χ0n) is 21.4. The highest BCUT2D eigenvalue weighted by Crippen LogP contribution is 2.48. The van der Waals surface area contributed by atoms with E-state index in [0.717, 1.165) is 48.9 Å². The van der Waals surface area contributed by atoms with Crippen molar-refractivity contribution in [3.05, 3.63) is 65.2 Å². The van der Waals surface area contributed by atoms with Crippen LogP contribution < -0.4 is 16.0 Å². The van der Waals surface area contributed by atoms with Crippen LogP contribution in [0.3, 0.4) is 0 Å². The van der Waals surface area contributed by atoms with Gasteiger partial charge in [-0.15, -0.1) is 0 Å². The first-order valence-electron chi connectivity index (χ1n) is 13.1. The third-order valence-electron chi connectivity index (χ3n) is 7.63. The molecule has 2 aromatic rings. The summed E-state index contributed by atoms with van der Waals surface area (Å²) in [6.07, 6.45) is 4.55. The van der Waals surface area contributed by atoms with Gasteiger partial charge in [0, 0.05) is 38.3 Å². The molecular weight excluding hydrogens is 452 g/mol. The van der Waals surface area contributed by atoms with Crippen LogP contribution in [0.15, 0.2) is 48.5 Å². The molecular formula is C29H38N4O3. The molecule has 192 valence electrons. The molecule has 1 unspecified atom stereocenters. The number of hydrogen-bond acceptors (Lipinski definition) is 3. The predicted octanol–water partition coefficient (Wildman–Crippen LogP) is 4.29. The largest absolute Gasteiger partial charge is 0.356 e. The van der Waals surface area contributed by atoms with Crippen LogP contribution in [0.2, 0.25) is 0 Å². The Labute approximate surface area is 214 Å². The van der Waals surface area contributed by atoms with E-state index in [2.05, 4.69) is 16.0 Å². The summed E-state index contributed by atoms with van der Waals surface area (Å²) < 4.78 is 0. The van der Waals surface area contributed by atoms with Gasteiger partial charge in [-0.1, -0.05) is 36.4 Å². The second kappa shape index (κ2) is 11.6. The fourth-order valence-electron chi connectivity index (χ4n) is 4.93. The van der Waals surface area contributed by atoms with Crippen LogP contribution in [0.25, 0.3) is 0 Å². The summed E-state index contributed by atoms with van der Waals surface area (Å²) in [7, 11) is 0. The van der Waals surface area contributed by atoms with Crippen molar-refractivity contribution in [2.24, 2.45) is 5.92 Å². The van der Waals surface area contributed by atoms with E-state index in [-0.39, 0.29) is 35.6 Å². The number of hydrogen-bond donors (Lipinski definition) is 3. The van der Waals surface area contributed by atoms with E-state index in [4.69, 9.17) is 0 Å². The van der Waals surface area contributed by atoms with E-state index < -0.39 is 0 Å². The Morgan fingerprint density at radius 2 is 1.81 bits per heavy atom. The number of anilines is 1. The van der Waals surface area contributed by atoms with Crippen LogP contribution in [0, 0.1) is 19.8 Å². The maximum atomic E-state index is 13.1. The van der Waals surface area contributed by atoms with Crippen LogP contribution in [-0.4, -0.2) is 48.9 Å². The number of nitrogens with one attached hydrogen (secondary N) is 3. The Balaban J connectivity index is 1.33. The smallest absolute Gasteiger partial charge is 0.321 e. The first kappa shape index (κ1) is 25.7. The van der Waals surface area contributed by atoms with E-state index in [1.165, 1.54) is 5.56 Å². The second-order valence-electron chi connectivity index (χ2n) is 10.3. The number of nitrogens with zero attached hydrogens (tertiary/aromatic N) is 1. The minimum atomic E-state index is -0.383. The van der Waals surface area contributed by atoms with E-state index >= 15 is 0 Å². The Bertz CT molecular complexity index is 1080. The topological polar surface area (TPSA) is 90.5 Å². The second-order valence-corrected chi connectivity index (χ2v) is 10.3. The molecule has 4 amide bonds. The van der Waals surface area contributed by atoms with Gasteiger partial charge in [0.1, 0.15) is 0 Å². The van der Waals surface area contributed by atoms with E-state index in [0.29, 0.717) is 26.2 Å². The highest BCUT2D eigenvalue weighted by atomic mass is 16.2. The standard InChI is InChI=1S/C29H38N4O3/c1-21-10-11-25(19-22(21)2)32-28(36)33-17-6-7-23(12-16-30-26(34)13-18-33)20-31-27(35)29(14-15-29)24-8-4-3-5-9-24/h3-5,8-11,19,23H,6-7,12-18,20H2,1-2H3,(H,30,34)(H,31,35)(H,32,36). The summed E-state index contributed by atoms with van der Waals surface area (Å²) >= 11 is 0. The van der Waals surface area contributed by atoms with Gasteiger partial charge in [-0.2, -0.15) is 0 Å². The Morgan fingerprint density at radius 1 is 1.03 bits per heavy atom. The van der Waals surface area contributed by atoms with Gasteiger partial charge < -0.3 is 20.9 Å². The van der Waals surface area contributed by atoms with Gasteiger partial charge in [0.05, 0.1) is 5.41 Å². The van der Waals surface area contributed by atoms with Crippen LogP contribution in [-0.2, 0) is 15.0 Å². The quantitative estimate of drug-likeness (QED) is 0.584. The maximum absolute atomic E-state index is 13.1. The lowest BCUT2D eigenvalue weighted by Crippen LogP contribution is -2.38. The van der Waals surface area contributed by atoms with Crippen molar-refractivity contribution in [1.82, 2.24) is 15.5 Å². The van der Waals surface area contributed by atoms with E-state index in [9.17, 15) is 14.4 Å². The molecule has 0 radical (unpaired) electrons. The minimum absolute atomic E-state index is 0.0512. The molecule has 2 fully saturated rings. The van der Waals surface area contributed by atoms with Gasteiger partial charge in [0.15, 0.2) is 0 Å². The first-order valence-corrected chi connectivity index (χ1v) is 13.1. The lowest BCUT2D eigenvalue weighted by atomic mass is 9.94. The van der Waals surface area contributed by atoms with Crippen LogP contribution in [0.5, 0.6) is 0 Å². The Hall–Kier alpha value is -3.35. The van der Waals surface area contributed by atoms with Crippen LogP contribution >= 0.6 is 0 Å². The summed E-state index contributed by atoms with van der Waals surface area (Å²) in [4.78, 5) is 40.1. The van der Waals surface area contributed by atoms with Crippen LogP contribution in [0.1, 0.15) is 55.2 Å². The third-order valence-corrected chi connectivity index (χ3v) is 7.63. The fourth-order valence-corrected chi connectivity index (χ4v) is 4.93. The third kappa shape index (κ3) is 6.45. The molecule has 7 heteroatoms. The molecule has 1 aliphatic carbocycles. The highest BCUT2D eigenvalue weighted by molar-refractivity contribution is 5.91. The molecule has 4 rings (SSSR count). The maximum Gasteiger partial charge on any atom is 0.321 e. The number of aryl methyl sites for hydroxylation is 2. The minimum Gasteiger partial charge on any atom is -0.356 e. The van der Waals surface area contributed by atoms with E-state index in [1.807, 2.05) is 62.4 Å². The summed E-state index contributed by atoms with van der Waals surface area (Å²) in [6, 6.07) is 15.7. The molecule has 1 heterocycles. The monoisotopic (exact) mass is 490 g/mol. The zero-order chi connectivity index (χ0) is 25.5. The highest BCUT2D eigenvalue weighted by Gasteiger charge is 2.51. The normalized spacial score (nSPS) is 20.0. The van der Waals surface area contributed by atoms with Crippen molar-refractivity contribution in [3.8, 4) is 0 Å². The number of urea groups is 1. The van der Waals surface area contributed by atoms with E-state index in [1.54, 1.807) is 4.90 Å². The summed E-state index contributed by atoms with van der Waals surface area (Å²) in [5, 5.41) is 9.16. The van der Waals surface area contributed by atoms with Crippen molar-refractivity contribution in [1.29, 1.82) is 0 Å². The molecule has 1 aliphatic heterocycles. The number of carbonyl (C=O) groups is 3. The number of rotatable bonds is 5. The average Bonchev–Trinajstić information content (AvgIpc) is 3.68. The zero-order valence-corrected chi connectivity index (χ0v) is 21.4. The van der Waals surface area contributed by atoms with Gasteiger partial charge in [0.25, 0.3) is 0 Å². The van der Waals surface area contributed by atoms with Crippen molar-refractivity contribution in [3.63, 3.8) is 0 Å². The molecule has 3 N–H and O–H groups in total. The number of benzene rings is 2. The van der Waals surface area contributed by atoms with Crippen LogP contribution in [0.4, 0.5) is 10.5 Å². The number of amides is 4. The van der Waals surface area contributed by atoms with Gasteiger partial charge in [-0.25, -0.2) is 4.79 Å². The average molecular weight is 491 g/mol. The molecule has 36 heavy (non-hydrogen) atoms. The lowest BCUT2D eigenvalue weighted by Gasteiger charge is -2.24. The Morgan fingerprint density at radius 3 is 2.53 bits per heavy atom. The van der Waals surface area contributed by atoms with Crippen molar-refractivity contribution in [2.75, 3.05) is 31.5 Å². The SMILES string of the molecule is Cc1ccc(NC(=O)N2CCCC(CNC(=O)C3(c4ccccc4)CC3)CCNC(=O)CC2)cc1C. The molecule has 2 aliphatic rings. The van der Waals surface area contributed by atoms with Gasteiger partial charge in [-0.3, -0.25) is 9.59 Å². The lowest BCUT2D eigenvalue weighted by molar-refractivity contribution is -0.124. The Kier molecular flexibility index (Phi) is 8.28. The van der Waals surface area contributed by atoms with Crippen molar-refractivity contribution < 1.29 is 14.4 Å². The molecule has 7 nitrogen and oxygen atoms in total. The summed E-state index contributed by atoms with van der Waals surface area (Å²) in [5.41, 5.74) is 3.76. The summed E-state index contributed by atoms with van der Waals surface area (Å²) in [6.45, 7) is 6.17. The van der Waals surface area contributed by atoms with Gasteiger partial charge in [-0.05, 0) is 80.7 Å². The van der Waals surface area contributed by atoms with Crippen molar-refractivity contribution >= 4 is 23.5 Å². The molecule has 0 spiro atoms. The number of carbonyl (C=O) groups excluding carboxylic acids is 3. The van der Waals surface area contributed by atoms with Gasteiger partial charge in [0.2, 0.25) is 11.8 Å². The molecule has 0 aromatic heterocycles. The van der Waals surface area contributed by atoms with Gasteiger partial charge >= 0.3 is 6.03 Å². The molecule has 2 aromatic carbocycles. The molecule has 1 saturated heterocycles. The van der Waals surface area contributed by atoms with Crippen molar-refractivity contribution in [2.45, 2.75) is 57.8 Å².